The van der Waals surface area contributed by atoms with Gasteiger partial charge in [-0.05, 0) is 81.1 Å². The summed E-state index contributed by atoms with van der Waals surface area (Å²) >= 11 is 0. The number of para-hydroxylation sites is 3. The summed E-state index contributed by atoms with van der Waals surface area (Å²) in [7, 11) is 0. The van der Waals surface area contributed by atoms with Crippen LogP contribution in [0.25, 0.3) is 144 Å². The van der Waals surface area contributed by atoms with Crippen molar-refractivity contribution in [3.8, 4) is 67.8 Å². The van der Waals surface area contributed by atoms with Gasteiger partial charge in [0.15, 0.2) is 11.6 Å². The molecule has 0 N–H and O–H groups in total. The Labute approximate surface area is 419 Å². The number of hydrogen-bond acceptors (Lipinski definition) is 4. The number of rotatable bonds is 7. The van der Waals surface area contributed by atoms with Gasteiger partial charge in [-0.2, -0.15) is 9.97 Å². The fourth-order valence-corrected chi connectivity index (χ4v) is 11.3. The van der Waals surface area contributed by atoms with Crippen LogP contribution in [-0.2, 0) is 0 Å². The van der Waals surface area contributed by atoms with Gasteiger partial charge in [-0.15, -0.1) is 0 Å². The first-order valence-corrected chi connectivity index (χ1v) is 24.7. The quantitative estimate of drug-likeness (QED) is 0.160. The number of nitrogens with zero attached hydrogens (tertiary/aromatic N) is 5. The Morgan fingerprint density at radius 1 is 0.274 bits per heavy atom. The minimum Gasteiger partial charge on any atom is -0.455 e. The second kappa shape index (κ2) is 16.3. The average molecular weight is 932 g/mol. The summed E-state index contributed by atoms with van der Waals surface area (Å²) < 4.78 is 11.6. The van der Waals surface area contributed by atoms with E-state index in [1.807, 2.05) is 30.3 Å². The smallest absolute Gasteiger partial charge is 0.238 e. The average Bonchev–Trinajstić information content (AvgIpc) is 4.15. The first kappa shape index (κ1) is 40.9. The van der Waals surface area contributed by atoms with Crippen LogP contribution in [0, 0.1) is 0 Å². The highest BCUT2D eigenvalue weighted by molar-refractivity contribution is 6.20. The van der Waals surface area contributed by atoms with E-state index in [4.69, 9.17) is 19.4 Å². The molecule has 73 heavy (non-hydrogen) atoms. The molecule has 0 spiro atoms. The predicted molar refractivity (Wildman–Crippen MR) is 300 cm³/mol. The lowest BCUT2D eigenvalue weighted by atomic mass is 9.91. The lowest BCUT2D eigenvalue weighted by Crippen LogP contribution is -2.07. The SMILES string of the molecule is c1ccc(-c2nc(-c3ccccc3-c3ccccc3)nc(-n3c4ccccc4c4cc5c6ccccc6n(-c6cc(-c7ccc(-c8ccccc8)c8ccccc78)c7oc8ccccc8c7c6)c5cc43)n2)cc1. The number of hydrogen-bond donors (Lipinski definition) is 0. The third-order valence-electron chi connectivity index (χ3n) is 14.6. The molecule has 15 rings (SSSR count). The molecular weight excluding hydrogens is 891 g/mol. The Balaban J connectivity index is 1.02. The summed E-state index contributed by atoms with van der Waals surface area (Å²) in [5.74, 6) is 1.74. The normalized spacial score (nSPS) is 11.8. The molecule has 6 nitrogen and oxygen atoms in total. The van der Waals surface area contributed by atoms with Gasteiger partial charge in [0, 0.05) is 54.7 Å². The van der Waals surface area contributed by atoms with Gasteiger partial charge in [-0.25, -0.2) is 4.98 Å². The molecule has 0 aliphatic heterocycles. The summed E-state index contributed by atoms with van der Waals surface area (Å²) in [6, 6.07) is 88.1. The van der Waals surface area contributed by atoms with Crippen LogP contribution < -0.4 is 0 Å². The van der Waals surface area contributed by atoms with E-state index in [0.717, 1.165) is 105 Å². The monoisotopic (exact) mass is 931 g/mol. The van der Waals surface area contributed by atoms with Crippen molar-refractivity contribution in [2.75, 3.05) is 0 Å². The van der Waals surface area contributed by atoms with Crippen LogP contribution in [0.15, 0.2) is 253 Å². The van der Waals surface area contributed by atoms with Crippen molar-refractivity contribution in [2.24, 2.45) is 0 Å². The van der Waals surface area contributed by atoms with Gasteiger partial charge in [0.1, 0.15) is 11.2 Å². The molecule has 0 saturated heterocycles. The van der Waals surface area contributed by atoms with Crippen LogP contribution in [0.5, 0.6) is 0 Å². The van der Waals surface area contributed by atoms with Crippen molar-refractivity contribution in [1.82, 2.24) is 24.1 Å². The van der Waals surface area contributed by atoms with Gasteiger partial charge in [0.05, 0.1) is 22.1 Å². The molecule has 0 radical (unpaired) electrons. The van der Waals surface area contributed by atoms with Gasteiger partial charge in [-0.3, -0.25) is 4.57 Å². The molecule has 0 aliphatic rings. The van der Waals surface area contributed by atoms with Crippen molar-refractivity contribution in [3.63, 3.8) is 0 Å². The lowest BCUT2D eigenvalue weighted by Gasteiger charge is -2.15. The molecule has 0 amide bonds. The molecule has 0 aliphatic carbocycles. The van der Waals surface area contributed by atoms with Gasteiger partial charge in [-0.1, -0.05) is 206 Å². The maximum Gasteiger partial charge on any atom is 0.238 e. The zero-order valence-corrected chi connectivity index (χ0v) is 39.3. The second-order valence-electron chi connectivity index (χ2n) is 18.7. The van der Waals surface area contributed by atoms with Crippen molar-refractivity contribution in [1.29, 1.82) is 0 Å². The minimum absolute atomic E-state index is 0.541. The van der Waals surface area contributed by atoms with Gasteiger partial charge >= 0.3 is 0 Å². The van der Waals surface area contributed by atoms with Crippen molar-refractivity contribution >= 4 is 76.3 Å². The summed E-state index contributed by atoms with van der Waals surface area (Å²) in [5, 5.41) is 9.02. The van der Waals surface area contributed by atoms with Crippen LogP contribution in [-0.4, -0.2) is 24.1 Å². The van der Waals surface area contributed by atoms with Gasteiger partial charge in [0.2, 0.25) is 5.95 Å². The maximum atomic E-state index is 6.89. The van der Waals surface area contributed by atoms with E-state index in [1.165, 1.54) is 21.9 Å². The summed E-state index contributed by atoms with van der Waals surface area (Å²) in [5.41, 5.74) is 15.4. The Morgan fingerprint density at radius 2 is 0.781 bits per heavy atom. The van der Waals surface area contributed by atoms with Crippen LogP contribution >= 0.6 is 0 Å². The first-order chi connectivity index (χ1) is 36.2. The van der Waals surface area contributed by atoms with Crippen LogP contribution in [0.2, 0.25) is 0 Å². The van der Waals surface area contributed by atoms with E-state index in [2.05, 4.69) is 228 Å². The molecule has 15 aromatic rings. The largest absolute Gasteiger partial charge is 0.455 e. The van der Waals surface area contributed by atoms with Crippen molar-refractivity contribution < 1.29 is 4.42 Å². The molecule has 0 unspecified atom stereocenters. The molecule has 0 saturated carbocycles. The maximum absolute atomic E-state index is 6.89. The Kier molecular flexibility index (Phi) is 9.16. The second-order valence-corrected chi connectivity index (χ2v) is 18.7. The van der Waals surface area contributed by atoms with E-state index in [-0.39, 0.29) is 0 Å². The number of fused-ring (bicyclic) bond motifs is 10. The Hall–Kier alpha value is -9.91. The lowest BCUT2D eigenvalue weighted by molar-refractivity contribution is 0.670. The minimum atomic E-state index is 0.541. The fraction of sp³-hybridized carbons (Fsp3) is 0. The third-order valence-corrected chi connectivity index (χ3v) is 14.6. The summed E-state index contributed by atoms with van der Waals surface area (Å²) in [6.45, 7) is 0. The van der Waals surface area contributed by atoms with Crippen LogP contribution in [0.4, 0.5) is 0 Å². The highest BCUT2D eigenvalue weighted by atomic mass is 16.3. The van der Waals surface area contributed by atoms with E-state index in [9.17, 15) is 0 Å². The molecule has 11 aromatic carbocycles. The molecule has 0 fully saturated rings. The first-order valence-electron chi connectivity index (χ1n) is 24.7. The van der Waals surface area contributed by atoms with Gasteiger partial charge < -0.3 is 8.98 Å². The molecule has 0 atom stereocenters. The van der Waals surface area contributed by atoms with Gasteiger partial charge in [0.25, 0.3) is 0 Å². The zero-order valence-electron chi connectivity index (χ0n) is 39.3. The number of aromatic nitrogens is 5. The molecular formula is C67H41N5O. The summed E-state index contributed by atoms with van der Waals surface area (Å²) in [4.78, 5) is 16.0. The highest BCUT2D eigenvalue weighted by Crippen LogP contribution is 2.45. The molecule has 4 heterocycles. The highest BCUT2D eigenvalue weighted by Gasteiger charge is 2.24. The standard InChI is InChI=1S/C67H41N5O/c1-4-20-42(21-5-1)46-26-10-13-32-54(46)66-68-65(44-24-8-3-9-25-44)69-67(70-66)72-60-34-18-15-30-52(60)56-40-55-51-29-14-17-33-59(51)71(61(55)41-62(56)72)45-38-57(64-58(39-45)53-31-16-19-35-63(53)73-64)50-37-36-47(43-22-6-2-7-23-43)48-27-11-12-28-49(48)50/h1-41H. The number of furan rings is 1. The van der Waals surface area contributed by atoms with E-state index in [1.54, 1.807) is 0 Å². The van der Waals surface area contributed by atoms with Crippen molar-refractivity contribution in [3.05, 3.63) is 249 Å². The molecule has 340 valence electrons. The number of benzene rings is 11. The predicted octanol–water partition coefficient (Wildman–Crippen LogP) is 17.5. The van der Waals surface area contributed by atoms with E-state index in [0.29, 0.717) is 17.6 Å². The Morgan fingerprint density at radius 3 is 1.48 bits per heavy atom. The van der Waals surface area contributed by atoms with E-state index >= 15 is 0 Å². The van der Waals surface area contributed by atoms with Crippen molar-refractivity contribution in [2.45, 2.75) is 0 Å². The third kappa shape index (κ3) is 6.47. The van der Waals surface area contributed by atoms with Crippen LogP contribution in [0.3, 0.4) is 0 Å². The van der Waals surface area contributed by atoms with Crippen LogP contribution in [0.1, 0.15) is 0 Å². The molecule has 4 aromatic heterocycles. The topological polar surface area (TPSA) is 61.7 Å². The Bertz CT molecular complexity index is 4670. The molecule has 6 heteroatoms. The zero-order chi connectivity index (χ0) is 48.0. The fourth-order valence-electron chi connectivity index (χ4n) is 11.3. The molecule has 0 bridgehead atoms. The van der Waals surface area contributed by atoms with E-state index < -0.39 is 0 Å². The summed E-state index contributed by atoms with van der Waals surface area (Å²) in [6.07, 6.45) is 0.